The lowest BCUT2D eigenvalue weighted by atomic mass is 10.0. The molecule has 0 unspecified atom stereocenters. The first-order valence-electron chi connectivity index (χ1n) is 3.57. The molecule has 0 aliphatic heterocycles. The first-order chi connectivity index (χ1) is 5.54. The average Bonchev–Trinajstić information content (AvgIpc) is 2.12. The Morgan fingerprint density at radius 1 is 0.923 bits per heavy atom. The van der Waals surface area contributed by atoms with Gasteiger partial charge in [-0.15, -0.1) is 0 Å². The molecule has 0 radical (unpaired) electrons. The number of aliphatic hydroxyl groups excluding tert-OH is 5. The summed E-state index contributed by atoms with van der Waals surface area (Å²) < 4.78 is 0. The fourth-order valence-corrected chi connectivity index (χ4v) is 0.703. The number of aliphatic hydroxyl groups is 5. The second-order valence-electron chi connectivity index (χ2n) is 2.53. The van der Waals surface area contributed by atoms with Gasteiger partial charge in [-0.05, 0) is 0 Å². The van der Waals surface area contributed by atoms with Crippen LogP contribution >= 0.6 is 0 Å². The molecule has 0 aromatic heterocycles. The van der Waals surface area contributed by atoms with E-state index in [9.17, 15) is 0 Å². The summed E-state index contributed by atoms with van der Waals surface area (Å²) in [5.74, 6) is 0. The van der Waals surface area contributed by atoms with Gasteiger partial charge in [0.25, 0.3) is 0 Å². The zero-order valence-corrected chi connectivity index (χ0v) is 6.95. The molecular formula is C6H16FNO5. The highest BCUT2D eigenvalue weighted by atomic mass is 19.0. The molecule has 0 spiro atoms. The fraction of sp³-hybridized carbons (Fsp3) is 1.00. The van der Waals surface area contributed by atoms with E-state index in [0.29, 0.717) is 0 Å². The smallest absolute Gasteiger partial charge is 0.111 e. The minimum absolute atomic E-state index is 0. The van der Waals surface area contributed by atoms with Crippen molar-refractivity contribution in [3.63, 3.8) is 0 Å². The number of nitrogens with two attached hydrogens (primary N) is 1. The van der Waals surface area contributed by atoms with Gasteiger partial charge in [-0.3, -0.25) is 4.70 Å². The van der Waals surface area contributed by atoms with Crippen molar-refractivity contribution in [3.8, 4) is 0 Å². The van der Waals surface area contributed by atoms with Crippen LogP contribution in [0.3, 0.4) is 0 Å². The van der Waals surface area contributed by atoms with Crippen molar-refractivity contribution >= 4 is 0 Å². The van der Waals surface area contributed by atoms with Crippen LogP contribution in [0.1, 0.15) is 0 Å². The summed E-state index contributed by atoms with van der Waals surface area (Å²) in [5, 5.41) is 44.2. The number of hydrogen-bond donors (Lipinski definition) is 6. The van der Waals surface area contributed by atoms with Crippen LogP contribution in [-0.4, -0.2) is 63.1 Å². The standard InChI is InChI=1S/C6H15NO5.FH/c7-1-3(9)5(11)6(12)4(10)2-8;/h3-6,8-12H,1-2,7H2;1H/t3-,4+,5+,6+;/m0./s1. The van der Waals surface area contributed by atoms with Gasteiger partial charge >= 0.3 is 0 Å². The van der Waals surface area contributed by atoms with Crippen LogP contribution in [-0.2, 0) is 0 Å². The largest absolute Gasteiger partial charge is 0.394 e. The lowest BCUT2D eigenvalue weighted by Crippen LogP contribution is -2.48. The molecule has 0 bridgehead atoms. The molecule has 82 valence electrons. The van der Waals surface area contributed by atoms with Crippen molar-refractivity contribution in [2.24, 2.45) is 5.73 Å². The highest BCUT2D eigenvalue weighted by Gasteiger charge is 2.28. The Hall–Kier alpha value is -0.310. The maximum Gasteiger partial charge on any atom is 0.111 e. The van der Waals surface area contributed by atoms with Crippen LogP contribution in [0.15, 0.2) is 0 Å². The predicted octanol–water partition coefficient (Wildman–Crippen LogP) is -3.47. The zero-order valence-electron chi connectivity index (χ0n) is 6.95. The predicted molar refractivity (Wildman–Crippen MR) is 42.7 cm³/mol. The normalized spacial score (nSPS) is 19.8. The summed E-state index contributed by atoms with van der Waals surface area (Å²) in [4.78, 5) is 0. The molecule has 7 N–H and O–H groups in total. The third-order valence-electron chi connectivity index (χ3n) is 1.57. The van der Waals surface area contributed by atoms with Crippen molar-refractivity contribution in [2.75, 3.05) is 13.2 Å². The van der Waals surface area contributed by atoms with Crippen LogP contribution in [0.2, 0.25) is 0 Å². The average molecular weight is 201 g/mol. The van der Waals surface area contributed by atoms with Gasteiger partial charge in [-0.2, -0.15) is 0 Å². The number of hydrogen-bond acceptors (Lipinski definition) is 6. The second kappa shape index (κ2) is 7.13. The van der Waals surface area contributed by atoms with Crippen molar-refractivity contribution in [3.05, 3.63) is 0 Å². The highest BCUT2D eigenvalue weighted by Crippen LogP contribution is 2.03. The van der Waals surface area contributed by atoms with Gasteiger partial charge in [-0.25, -0.2) is 0 Å². The summed E-state index contributed by atoms with van der Waals surface area (Å²) in [6.07, 6.45) is -5.91. The van der Waals surface area contributed by atoms with Crippen molar-refractivity contribution in [2.45, 2.75) is 24.4 Å². The molecule has 0 aromatic rings. The van der Waals surface area contributed by atoms with E-state index in [1.165, 1.54) is 0 Å². The Morgan fingerprint density at radius 3 is 1.62 bits per heavy atom. The molecule has 0 fully saturated rings. The van der Waals surface area contributed by atoms with E-state index < -0.39 is 31.0 Å². The van der Waals surface area contributed by atoms with Gasteiger partial charge in [0.15, 0.2) is 0 Å². The van der Waals surface area contributed by atoms with Crippen LogP contribution in [0.25, 0.3) is 0 Å². The molecule has 0 aliphatic carbocycles. The molecule has 7 heteroatoms. The van der Waals surface area contributed by atoms with Gasteiger partial charge in [0.05, 0.1) is 12.7 Å². The third kappa shape index (κ3) is 4.46. The molecular weight excluding hydrogens is 185 g/mol. The van der Waals surface area contributed by atoms with Crippen LogP contribution in [0, 0.1) is 0 Å². The van der Waals surface area contributed by atoms with E-state index in [2.05, 4.69) is 0 Å². The van der Waals surface area contributed by atoms with Gasteiger partial charge < -0.3 is 31.3 Å². The SMILES string of the molecule is F.NC[C@H](O)[C@@H](O)[C@H](O)[C@H](O)CO. The van der Waals surface area contributed by atoms with E-state index in [0.717, 1.165) is 0 Å². The molecule has 0 aliphatic rings. The third-order valence-corrected chi connectivity index (χ3v) is 1.57. The van der Waals surface area contributed by atoms with E-state index in [4.69, 9.17) is 31.3 Å². The maximum absolute atomic E-state index is 9.04. The maximum atomic E-state index is 9.04. The lowest BCUT2D eigenvalue weighted by molar-refractivity contribution is -0.112. The topological polar surface area (TPSA) is 127 Å². The minimum Gasteiger partial charge on any atom is -0.394 e. The molecule has 0 saturated heterocycles. The van der Waals surface area contributed by atoms with Crippen molar-refractivity contribution in [1.82, 2.24) is 0 Å². The Labute approximate surface area is 74.6 Å². The van der Waals surface area contributed by atoms with Crippen LogP contribution in [0.4, 0.5) is 4.70 Å². The van der Waals surface area contributed by atoms with Crippen LogP contribution in [0.5, 0.6) is 0 Å². The van der Waals surface area contributed by atoms with Crippen molar-refractivity contribution in [1.29, 1.82) is 0 Å². The van der Waals surface area contributed by atoms with E-state index >= 15 is 0 Å². The first kappa shape index (κ1) is 15.2. The number of rotatable bonds is 5. The molecule has 0 amide bonds. The summed E-state index contributed by atoms with van der Waals surface area (Å²) >= 11 is 0. The highest BCUT2D eigenvalue weighted by molar-refractivity contribution is 4.80. The van der Waals surface area contributed by atoms with Crippen molar-refractivity contribution < 1.29 is 30.2 Å². The Balaban J connectivity index is 0. The van der Waals surface area contributed by atoms with Gasteiger partial charge in [0, 0.05) is 6.54 Å². The quantitative estimate of drug-likeness (QED) is 0.274. The van der Waals surface area contributed by atoms with Gasteiger partial charge in [0.1, 0.15) is 18.3 Å². The monoisotopic (exact) mass is 201 g/mol. The molecule has 13 heavy (non-hydrogen) atoms. The summed E-state index contributed by atoms with van der Waals surface area (Å²) in [7, 11) is 0. The van der Waals surface area contributed by atoms with E-state index in [1.807, 2.05) is 0 Å². The Morgan fingerprint density at radius 2 is 1.31 bits per heavy atom. The fourth-order valence-electron chi connectivity index (χ4n) is 0.703. The zero-order chi connectivity index (χ0) is 9.72. The molecule has 0 saturated carbocycles. The lowest BCUT2D eigenvalue weighted by Gasteiger charge is -2.24. The second-order valence-corrected chi connectivity index (χ2v) is 2.53. The molecule has 0 aromatic carbocycles. The summed E-state index contributed by atoms with van der Waals surface area (Å²) in [6.45, 7) is -0.911. The van der Waals surface area contributed by atoms with Crippen LogP contribution < -0.4 is 5.73 Å². The molecule has 6 nitrogen and oxygen atoms in total. The molecule has 0 heterocycles. The minimum atomic E-state index is -1.59. The Bertz CT molecular complexity index is 114. The summed E-state index contributed by atoms with van der Waals surface area (Å²) in [6, 6.07) is 0. The molecule has 0 rings (SSSR count). The summed E-state index contributed by atoms with van der Waals surface area (Å²) in [5.41, 5.74) is 4.99. The first-order valence-corrected chi connectivity index (χ1v) is 3.57. The number of halogens is 1. The Kier molecular flexibility index (Phi) is 8.32. The van der Waals surface area contributed by atoms with Gasteiger partial charge in [-0.1, -0.05) is 0 Å². The van der Waals surface area contributed by atoms with Gasteiger partial charge in [0.2, 0.25) is 0 Å². The van der Waals surface area contributed by atoms with E-state index in [1.54, 1.807) is 0 Å². The van der Waals surface area contributed by atoms with E-state index in [-0.39, 0.29) is 11.2 Å². The molecule has 4 atom stereocenters.